The van der Waals surface area contributed by atoms with Crippen molar-refractivity contribution >= 4 is 5.91 Å². The van der Waals surface area contributed by atoms with Crippen molar-refractivity contribution in [1.82, 2.24) is 5.32 Å². The van der Waals surface area contributed by atoms with Gasteiger partial charge in [0.25, 0.3) is 5.91 Å². The fourth-order valence-corrected chi connectivity index (χ4v) is 2.63. The smallest absolute Gasteiger partial charge is 0.257 e. The lowest BCUT2D eigenvalue weighted by molar-refractivity contribution is -0.123. The second kappa shape index (κ2) is 5.83. The van der Waals surface area contributed by atoms with Crippen LogP contribution in [-0.4, -0.2) is 24.2 Å². The van der Waals surface area contributed by atoms with Gasteiger partial charge in [-0.1, -0.05) is 6.07 Å². The molecule has 1 saturated carbocycles. The number of benzene rings is 1. The van der Waals surface area contributed by atoms with Gasteiger partial charge in [0.05, 0.1) is 6.10 Å². The van der Waals surface area contributed by atoms with Gasteiger partial charge < -0.3 is 15.2 Å². The molecule has 108 valence electrons. The highest BCUT2D eigenvalue weighted by Crippen LogP contribution is 2.32. The van der Waals surface area contributed by atoms with Crippen LogP contribution in [0.4, 0.5) is 0 Å². The Bertz CT molecular complexity index is 496. The molecule has 2 aliphatic rings. The molecule has 20 heavy (non-hydrogen) atoms. The van der Waals surface area contributed by atoms with Crippen LogP contribution in [-0.2, 0) is 11.2 Å². The summed E-state index contributed by atoms with van der Waals surface area (Å²) in [5.41, 5.74) is 2.14. The average Bonchev–Trinajstić information content (AvgIpc) is 3.27. The Hall–Kier alpha value is -1.55. The van der Waals surface area contributed by atoms with Crippen molar-refractivity contribution in [3.63, 3.8) is 0 Å². The van der Waals surface area contributed by atoms with Crippen LogP contribution in [0.1, 0.15) is 42.9 Å². The van der Waals surface area contributed by atoms with E-state index in [1.165, 1.54) is 12.8 Å². The van der Waals surface area contributed by atoms with Gasteiger partial charge in [-0.25, -0.2) is 0 Å². The summed E-state index contributed by atoms with van der Waals surface area (Å²) in [5, 5.41) is 12.8. The maximum Gasteiger partial charge on any atom is 0.257 e. The third kappa shape index (κ3) is 3.31. The van der Waals surface area contributed by atoms with Crippen LogP contribution in [0.5, 0.6) is 5.75 Å². The van der Waals surface area contributed by atoms with Crippen molar-refractivity contribution in [1.29, 1.82) is 0 Å². The van der Waals surface area contributed by atoms with Crippen molar-refractivity contribution in [3.05, 3.63) is 29.3 Å². The van der Waals surface area contributed by atoms with Gasteiger partial charge in [-0.3, -0.25) is 4.79 Å². The third-order valence-corrected chi connectivity index (χ3v) is 4.05. The molecule has 1 atom stereocenters. The normalized spacial score (nSPS) is 21.1. The maximum atomic E-state index is 11.6. The number of hydrogen-bond acceptors (Lipinski definition) is 3. The second-order valence-corrected chi connectivity index (χ2v) is 5.80. The highest BCUT2D eigenvalue weighted by Gasteiger charge is 2.22. The van der Waals surface area contributed by atoms with Gasteiger partial charge in [0.2, 0.25) is 0 Å². The Morgan fingerprint density at radius 3 is 3.00 bits per heavy atom. The molecule has 0 radical (unpaired) electrons. The summed E-state index contributed by atoms with van der Waals surface area (Å²) in [5.74, 6) is 1.33. The van der Waals surface area contributed by atoms with Gasteiger partial charge in [-0.15, -0.1) is 0 Å². The van der Waals surface area contributed by atoms with Crippen LogP contribution in [0.2, 0.25) is 0 Å². The van der Waals surface area contributed by atoms with E-state index in [1.807, 2.05) is 18.2 Å². The van der Waals surface area contributed by atoms with Crippen molar-refractivity contribution in [2.75, 3.05) is 13.2 Å². The predicted octanol–water partition coefficient (Wildman–Crippen LogP) is 1.96. The molecule has 1 amide bonds. The maximum absolute atomic E-state index is 11.6. The SMILES string of the molecule is O=C(COc1ccc2c(c1)CCCC2O)NCC1CC1. The first-order valence-electron chi connectivity index (χ1n) is 7.43. The van der Waals surface area contributed by atoms with E-state index in [-0.39, 0.29) is 18.6 Å². The Morgan fingerprint density at radius 2 is 2.20 bits per heavy atom. The number of ether oxygens (including phenoxy) is 1. The van der Waals surface area contributed by atoms with E-state index in [4.69, 9.17) is 4.74 Å². The number of nitrogens with one attached hydrogen (secondary N) is 1. The minimum atomic E-state index is -0.352. The van der Waals surface area contributed by atoms with Crippen LogP contribution in [0.15, 0.2) is 18.2 Å². The summed E-state index contributed by atoms with van der Waals surface area (Å²) in [6, 6.07) is 5.70. The molecule has 2 N–H and O–H groups in total. The number of aliphatic hydroxyl groups excluding tert-OH is 1. The molecule has 1 aromatic rings. The molecule has 4 heteroatoms. The molecule has 0 saturated heterocycles. The molecule has 1 fully saturated rings. The second-order valence-electron chi connectivity index (χ2n) is 5.80. The van der Waals surface area contributed by atoms with E-state index < -0.39 is 0 Å². The van der Waals surface area contributed by atoms with Gasteiger partial charge in [0.1, 0.15) is 5.75 Å². The largest absolute Gasteiger partial charge is 0.484 e. The minimum absolute atomic E-state index is 0.0605. The van der Waals surface area contributed by atoms with Crippen molar-refractivity contribution < 1.29 is 14.6 Å². The number of aryl methyl sites for hydroxylation is 1. The van der Waals surface area contributed by atoms with E-state index in [1.54, 1.807) is 0 Å². The van der Waals surface area contributed by atoms with Gasteiger partial charge in [0, 0.05) is 6.54 Å². The molecule has 0 heterocycles. The first-order valence-corrected chi connectivity index (χ1v) is 7.43. The van der Waals surface area contributed by atoms with Crippen LogP contribution in [0.3, 0.4) is 0 Å². The fourth-order valence-electron chi connectivity index (χ4n) is 2.63. The first-order chi connectivity index (χ1) is 9.72. The molecule has 1 unspecified atom stereocenters. The summed E-state index contributed by atoms with van der Waals surface area (Å²) in [6.45, 7) is 0.840. The molecular weight excluding hydrogens is 254 g/mol. The van der Waals surface area contributed by atoms with Crippen molar-refractivity contribution in [3.8, 4) is 5.75 Å². The average molecular weight is 275 g/mol. The molecule has 0 aliphatic heterocycles. The van der Waals surface area contributed by atoms with Crippen LogP contribution in [0.25, 0.3) is 0 Å². The summed E-state index contributed by atoms with van der Waals surface area (Å²) < 4.78 is 5.53. The van der Waals surface area contributed by atoms with E-state index in [9.17, 15) is 9.90 Å². The summed E-state index contributed by atoms with van der Waals surface area (Å²) in [4.78, 5) is 11.6. The lowest BCUT2D eigenvalue weighted by Crippen LogP contribution is -2.30. The topological polar surface area (TPSA) is 58.6 Å². The number of hydrogen-bond donors (Lipinski definition) is 2. The molecule has 2 aliphatic carbocycles. The summed E-state index contributed by atoms with van der Waals surface area (Å²) >= 11 is 0. The highest BCUT2D eigenvalue weighted by molar-refractivity contribution is 5.77. The number of rotatable bonds is 5. The minimum Gasteiger partial charge on any atom is -0.484 e. The van der Waals surface area contributed by atoms with E-state index in [2.05, 4.69) is 5.32 Å². The molecule has 0 aromatic heterocycles. The number of carbonyl (C=O) groups is 1. The fraction of sp³-hybridized carbons (Fsp3) is 0.562. The molecular formula is C16H21NO3. The first kappa shape index (κ1) is 13.4. The highest BCUT2D eigenvalue weighted by atomic mass is 16.5. The number of fused-ring (bicyclic) bond motifs is 1. The number of carbonyl (C=O) groups excluding carboxylic acids is 1. The monoisotopic (exact) mass is 275 g/mol. The summed E-state index contributed by atoms with van der Waals surface area (Å²) in [6.07, 6.45) is 4.91. The molecule has 1 aromatic carbocycles. The molecule has 0 spiro atoms. The Morgan fingerprint density at radius 1 is 1.35 bits per heavy atom. The van der Waals surface area contributed by atoms with Crippen LogP contribution in [0, 0.1) is 5.92 Å². The zero-order chi connectivity index (χ0) is 13.9. The molecule has 3 rings (SSSR count). The van der Waals surface area contributed by atoms with E-state index in [0.29, 0.717) is 11.7 Å². The zero-order valence-corrected chi connectivity index (χ0v) is 11.6. The van der Waals surface area contributed by atoms with E-state index >= 15 is 0 Å². The van der Waals surface area contributed by atoms with Gasteiger partial charge >= 0.3 is 0 Å². The standard InChI is InChI=1S/C16H21NO3/c18-15-3-1-2-12-8-13(6-7-14(12)15)20-10-16(19)17-9-11-4-5-11/h6-8,11,15,18H,1-5,9-10H2,(H,17,19). The predicted molar refractivity (Wildman–Crippen MR) is 75.6 cm³/mol. The molecule has 4 nitrogen and oxygen atoms in total. The van der Waals surface area contributed by atoms with Crippen molar-refractivity contribution in [2.45, 2.75) is 38.2 Å². The van der Waals surface area contributed by atoms with E-state index in [0.717, 1.165) is 36.9 Å². The van der Waals surface area contributed by atoms with Crippen LogP contribution < -0.4 is 10.1 Å². The Labute approximate surface area is 119 Å². The zero-order valence-electron chi connectivity index (χ0n) is 11.6. The Kier molecular flexibility index (Phi) is 3.92. The van der Waals surface area contributed by atoms with Gasteiger partial charge in [0.15, 0.2) is 6.61 Å². The van der Waals surface area contributed by atoms with Gasteiger partial charge in [-0.2, -0.15) is 0 Å². The molecule has 0 bridgehead atoms. The number of amides is 1. The summed E-state index contributed by atoms with van der Waals surface area (Å²) in [7, 11) is 0. The van der Waals surface area contributed by atoms with Crippen LogP contribution >= 0.6 is 0 Å². The lowest BCUT2D eigenvalue weighted by atomic mass is 9.89. The number of aliphatic hydroxyl groups is 1. The quantitative estimate of drug-likeness (QED) is 0.863. The Balaban J connectivity index is 1.53. The lowest BCUT2D eigenvalue weighted by Gasteiger charge is -2.21. The van der Waals surface area contributed by atoms with Gasteiger partial charge in [-0.05, 0) is 61.3 Å². The third-order valence-electron chi connectivity index (χ3n) is 4.05. The van der Waals surface area contributed by atoms with Crippen molar-refractivity contribution in [2.24, 2.45) is 5.92 Å².